The van der Waals surface area contributed by atoms with Gasteiger partial charge in [-0.15, -0.1) is 0 Å². The van der Waals surface area contributed by atoms with Gasteiger partial charge < -0.3 is 14.8 Å². The predicted octanol–water partition coefficient (Wildman–Crippen LogP) is 1.92. The molecular weight excluding hydrogens is 327 g/mol. The summed E-state index contributed by atoms with van der Waals surface area (Å²) in [6, 6.07) is 3.67. The minimum atomic E-state index is -0.809. The Hall–Kier alpha value is -2.54. The molecule has 0 aliphatic carbocycles. The van der Waals surface area contributed by atoms with Crippen molar-refractivity contribution in [1.82, 2.24) is 10.3 Å². The summed E-state index contributed by atoms with van der Waals surface area (Å²) in [6.07, 6.45) is 0.459. The number of methoxy groups -OCH3 is 1. The van der Waals surface area contributed by atoms with Crippen molar-refractivity contribution in [2.45, 2.75) is 31.4 Å². The first-order valence-corrected chi connectivity index (χ1v) is 8.06. The Labute approximate surface area is 143 Å². The van der Waals surface area contributed by atoms with Crippen LogP contribution >= 0.6 is 0 Å². The molecule has 2 atom stereocenters. The molecule has 2 aliphatic heterocycles. The second-order valence-electron chi connectivity index (χ2n) is 6.61. The van der Waals surface area contributed by atoms with Gasteiger partial charge in [-0.25, -0.2) is 9.37 Å². The van der Waals surface area contributed by atoms with Crippen LogP contribution in [0.2, 0.25) is 0 Å². The number of pyridine rings is 1. The van der Waals surface area contributed by atoms with Crippen molar-refractivity contribution < 1.29 is 23.5 Å². The number of carbonyl (C=O) groups is 2. The zero-order valence-electron chi connectivity index (χ0n) is 13.9. The fraction of sp³-hybridized carbons (Fsp3) is 0.389. The number of fused-ring (bicyclic) bond motifs is 3. The van der Waals surface area contributed by atoms with Gasteiger partial charge in [0.05, 0.1) is 30.3 Å². The first-order valence-electron chi connectivity index (χ1n) is 8.06. The van der Waals surface area contributed by atoms with Gasteiger partial charge in [0.1, 0.15) is 17.5 Å². The average Bonchev–Trinajstić information content (AvgIpc) is 2.98. The summed E-state index contributed by atoms with van der Waals surface area (Å²) in [5, 5.41) is 3.51. The highest BCUT2D eigenvalue weighted by Crippen LogP contribution is 2.42. The van der Waals surface area contributed by atoms with Crippen molar-refractivity contribution in [2.24, 2.45) is 0 Å². The Kier molecular flexibility index (Phi) is 3.50. The van der Waals surface area contributed by atoms with E-state index in [1.165, 1.54) is 19.2 Å². The number of halogens is 1. The highest BCUT2D eigenvalue weighted by atomic mass is 19.1. The summed E-state index contributed by atoms with van der Waals surface area (Å²) in [6.45, 7) is 2.12. The van der Waals surface area contributed by atoms with Crippen LogP contribution in [0.4, 0.5) is 4.39 Å². The van der Waals surface area contributed by atoms with Gasteiger partial charge in [0.15, 0.2) is 11.5 Å². The van der Waals surface area contributed by atoms with Gasteiger partial charge in [0.2, 0.25) is 0 Å². The van der Waals surface area contributed by atoms with Crippen molar-refractivity contribution in [2.75, 3.05) is 13.7 Å². The zero-order valence-corrected chi connectivity index (χ0v) is 13.9. The maximum atomic E-state index is 13.7. The number of ether oxygens (including phenoxy) is 2. The molecular formula is C18H17FN2O4. The second kappa shape index (κ2) is 5.49. The Morgan fingerprint density at radius 3 is 3.04 bits per heavy atom. The number of nitrogens with one attached hydrogen (secondary N) is 1. The molecule has 25 heavy (non-hydrogen) atoms. The Bertz CT molecular complexity index is 914. The number of ketones is 1. The van der Waals surface area contributed by atoms with Crippen molar-refractivity contribution in [3.63, 3.8) is 0 Å². The summed E-state index contributed by atoms with van der Waals surface area (Å²) in [7, 11) is 1.33. The lowest BCUT2D eigenvalue weighted by molar-refractivity contribution is -0.143. The SMILES string of the molecule is COC(=O)C1CC2(CN1)CC(=O)c1c(c(C)nc3ccc(F)cc13)O2. The average molecular weight is 344 g/mol. The summed E-state index contributed by atoms with van der Waals surface area (Å²) in [5.41, 5.74) is 0.691. The van der Waals surface area contributed by atoms with E-state index in [9.17, 15) is 14.0 Å². The van der Waals surface area contributed by atoms with Gasteiger partial charge in [-0.1, -0.05) is 0 Å². The van der Waals surface area contributed by atoms with Gasteiger partial charge in [-0.2, -0.15) is 0 Å². The van der Waals surface area contributed by atoms with Crippen LogP contribution in [0.1, 0.15) is 28.9 Å². The van der Waals surface area contributed by atoms with E-state index in [-0.39, 0.29) is 18.2 Å². The third-order valence-corrected chi connectivity index (χ3v) is 4.88. The second-order valence-corrected chi connectivity index (χ2v) is 6.61. The normalized spacial score (nSPS) is 25.1. The van der Waals surface area contributed by atoms with Crippen molar-refractivity contribution in [1.29, 1.82) is 0 Å². The number of carbonyl (C=O) groups excluding carboxylic acids is 2. The van der Waals surface area contributed by atoms with Gasteiger partial charge >= 0.3 is 5.97 Å². The molecule has 0 amide bonds. The first-order chi connectivity index (χ1) is 11.9. The van der Waals surface area contributed by atoms with Crippen LogP contribution in [0.15, 0.2) is 18.2 Å². The van der Waals surface area contributed by atoms with Crippen LogP contribution in [0.5, 0.6) is 5.75 Å². The maximum Gasteiger partial charge on any atom is 0.323 e. The highest BCUT2D eigenvalue weighted by molar-refractivity contribution is 6.11. The quantitative estimate of drug-likeness (QED) is 0.797. The van der Waals surface area contributed by atoms with Gasteiger partial charge in [0, 0.05) is 18.4 Å². The molecule has 1 spiro atoms. The van der Waals surface area contributed by atoms with E-state index < -0.39 is 17.5 Å². The lowest BCUT2D eigenvalue weighted by Crippen LogP contribution is -2.44. The van der Waals surface area contributed by atoms with Crippen LogP contribution in [-0.4, -0.2) is 42.0 Å². The van der Waals surface area contributed by atoms with Crippen LogP contribution in [0, 0.1) is 12.7 Å². The topological polar surface area (TPSA) is 77.5 Å². The molecule has 1 aromatic heterocycles. The fourth-order valence-electron chi connectivity index (χ4n) is 3.72. The highest BCUT2D eigenvalue weighted by Gasteiger charge is 2.49. The number of esters is 1. The predicted molar refractivity (Wildman–Crippen MR) is 87.2 cm³/mol. The molecule has 1 aromatic carbocycles. The summed E-state index contributed by atoms with van der Waals surface area (Å²) >= 11 is 0. The summed E-state index contributed by atoms with van der Waals surface area (Å²) in [4.78, 5) is 29.1. The summed E-state index contributed by atoms with van der Waals surface area (Å²) < 4.78 is 24.6. The van der Waals surface area contributed by atoms with Gasteiger partial charge in [0.25, 0.3) is 0 Å². The molecule has 3 heterocycles. The van der Waals surface area contributed by atoms with Crippen molar-refractivity contribution >= 4 is 22.7 Å². The molecule has 0 bridgehead atoms. The molecule has 1 N–H and O–H groups in total. The van der Waals surface area contributed by atoms with Crippen molar-refractivity contribution in [3.05, 3.63) is 35.3 Å². The first kappa shape index (κ1) is 16.0. The van der Waals surface area contributed by atoms with Crippen LogP contribution in [0.3, 0.4) is 0 Å². The molecule has 6 nitrogen and oxygen atoms in total. The number of aryl methyl sites for hydroxylation is 1. The molecule has 7 heteroatoms. The molecule has 0 saturated carbocycles. The lowest BCUT2D eigenvalue weighted by Gasteiger charge is -2.35. The number of rotatable bonds is 1. The van der Waals surface area contributed by atoms with Crippen molar-refractivity contribution in [3.8, 4) is 5.75 Å². The van der Waals surface area contributed by atoms with E-state index in [1.807, 2.05) is 0 Å². The van der Waals surface area contributed by atoms with E-state index in [4.69, 9.17) is 9.47 Å². The molecule has 0 radical (unpaired) electrons. The molecule has 1 saturated heterocycles. The molecule has 130 valence electrons. The Morgan fingerprint density at radius 2 is 2.28 bits per heavy atom. The van der Waals surface area contributed by atoms with E-state index in [2.05, 4.69) is 10.3 Å². The smallest absolute Gasteiger partial charge is 0.323 e. The largest absolute Gasteiger partial charge is 0.483 e. The number of benzene rings is 1. The minimum absolute atomic E-state index is 0.121. The number of hydrogen-bond donors (Lipinski definition) is 1. The van der Waals surface area contributed by atoms with E-state index in [1.54, 1.807) is 13.0 Å². The Balaban J connectivity index is 1.79. The lowest BCUT2D eigenvalue weighted by atomic mass is 9.86. The third kappa shape index (κ3) is 2.46. The molecule has 4 rings (SSSR count). The van der Waals surface area contributed by atoms with Gasteiger partial charge in [-0.05, 0) is 25.1 Å². The van der Waals surface area contributed by atoms with Crippen LogP contribution in [-0.2, 0) is 9.53 Å². The van der Waals surface area contributed by atoms with Gasteiger partial charge in [-0.3, -0.25) is 9.59 Å². The minimum Gasteiger partial charge on any atom is -0.483 e. The van der Waals surface area contributed by atoms with Crippen LogP contribution in [0.25, 0.3) is 10.9 Å². The number of aromatic nitrogens is 1. The van der Waals surface area contributed by atoms with E-state index in [0.29, 0.717) is 40.9 Å². The number of Topliss-reactive ketones (excluding diaryl/α,β-unsaturated/α-hetero) is 1. The monoisotopic (exact) mass is 344 g/mol. The van der Waals surface area contributed by atoms with E-state index in [0.717, 1.165) is 0 Å². The fourth-order valence-corrected chi connectivity index (χ4v) is 3.72. The van der Waals surface area contributed by atoms with E-state index >= 15 is 0 Å². The molecule has 2 aliphatic rings. The zero-order chi connectivity index (χ0) is 17.8. The number of hydrogen-bond acceptors (Lipinski definition) is 6. The molecule has 2 aromatic rings. The maximum absolute atomic E-state index is 13.7. The third-order valence-electron chi connectivity index (χ3n) is 4.88. The Morgan fingerprint density at radius 1 is 1.48 bits per heavy atom. The van der Waals surface area contributed by atoms with Crippen LogP contribution < -0.4 is 10.1 Å². The summed E-state index contributed by atoms with van der Waals surface area (Å²) in [5.74, 6) is -0.563. The molecule has 1 fully saturated rings. The standard InChI is InChI=1S/C18H17FN2O4/c1-9-16-15(11-5-10(19)3-4-12(11)21-9)14(22)7-18(25-16)6-13(20-8-18)17(23)24-2/h3-5,13,20H,6-8H2,1-2H3. The number of nitrogens with zero attached hydrogens (tertiary/aromatic N) is 1. The molecule has 2 unspecified atom stereocenters.